The van der Waals surface area contributed by atoms with Crippen LogP contribution in [0.2, 0.25) is 0 Å². The van der Waals surface area contributed by atoms with E-state index in [2.05, 4.69) is 33.8 Å². The van der Waals surface area contributed by atoms with E-state index >= 15 is 0 Å². The number of pyridine rings is 1. The van der Waals surface area contributed by atoms with Gasteiger partial charge in [0, 0.05) is 29.2 Å². The third kappa shape index (κ3) is 4.53. The van der Waals surface area contributed by atoms with Crippen LogP contribution < -0.4 is 15.5 Å². The van der Waals surface area contributed by atoms with Crippen molar-refractivity contribution in [2.45, 2.75) is 44.2 Å². The molecule has 0 bridgehead atoms. The molecule has 3 aromatic rings. The second kappa shape index (κ2) is 9.50. The first kappa shape index (κ1) is 22.5. The van der Waals surface area contributed by atoms with Crippen LogP contribution in [-0.4, -0.2) is 29.2 Å². The van der Waals surface area contributed by atoms with Crippen LogP contribution in [0.4, 0.5) is 16.2 Å². The number of anilines is 2. The number of carbonyl (C=O) groups is 2. The minimum Gasteiger partial charge on any atom is -0.345 e. The predicted molar refractivity (Wildman–Crippen MR) is 137 cm³/mol. The number of fused-ring (bicyclic) bond motifs is 2. The summed E-state index contributed by atoms with van der Waals surface area (Å²) in [6.07, 6.45) is 3.08. The molecule has 34 heavy (non-hydrogen) atoms. The molecule has 3 amide bonds. The van der Waals surface area contributed by atoms with Gasteiger partial charge in [-0.25, -0.2) is 9.78 Å². The first-order chi connectivity index (χ1) is 16.5. The van der Waals surface area contributed by atoms with Gasteiger partial charge in [-0.05, 0) is 80.1 Å². The lowest BCUT2D eigenvalue weighted by molar-refractivity contribution is 0.0932. The van der Waals surface area contributed by atoms with Crippen molar-refractivity contribution in [2.24, 2.45) is 0 Å². The SMILES string of the molecule is Cc1cc(C)c2c(n1)SCCN2C(=O)Nc1ccc(C(=O)NC2CCCc3ccccc32)cc1. The van der Waals surface area contributed by atoms with Crippen molar-refractivity contribution in [2.75, 3.05) is 22.5 Å². The van der Waals surface area contributed by atoms with Gasteiger partial charge in [-0.1, -0.05) is 24.3 Å². The molecule has 2 heterocycles. The Morgan fingerprint density at radius 3 is 2.71 bits per heavy atom. The summed E-state index contributed by atoms with van der Waals surface area (Å²) in [6, 6.07) is 17.3. The van der Waals surface area contributed by atoms with E-state index in [1.807, 2.05) is 26.0 Å². The van der Waals surface area contributed by atoms with Gasteiger partial charge in [0.2, 0.25) is 0 Å². The van der Waals surface area contributed by atoms with Crippen molar-refractivity contribution in [3.05, 3.63) is 82.5 Å². The van der Waals surface area contributed by atoms with E-state index in [0.29, 0.717) is 17.8 Å². The Morgan fingerprint density at radius 1 is 1.09 bits per heavy atom. The fourth-order valence-electron chi connectivity index (χ4n) is 4.81. The quantitative estimate of drug-likeness (QED) is 0.517. The molecule has 5 rings (SSSR count). The molecule has 1 unspecified atom stereocenters. The molecule has 2 aliphatic rings. The Kier molecular flexibility index (Phi) is 6.28. The van der Waals surface area contributed by atoms with Crippen molar-refractivity contribution in [3.63, 3.8) is 0 Å². The van der Waals surface area contributed by atoms with Gasteiger partial charge in [-0.3, -0.25) is 9.69 Å². The summed E-state index contributed by atoms with van der Waals surface area (Å²) in [7, 11) is 0. The minimum absolute atomic E-state index is 0.0364. The lowest BCUT2D eigenvalue weighted by Gasteiger charge is -2.30. The Bertz CT molecular complexity index is 1240. The lowest BCUT2D eigenvalue weighted by Crippen LogP contribution is -2.39. The number of amides is 3. The van der Waals surface area contributed by atoms with Crippen LogP contribution in [0.1, 0.15) is 51.6 Å². The number of thioether (sulfide) groups is 1. The van der Waals surface area contributed by atoms with Crippen molar-refractivity contribution in [1.29, 1.82) is 0 Å². The molecule has 174 valence electrons. The topological polar surface area (TPSA) is 74.3 Å². The number of nitrogens with one attached hydrogen (secondary N) is 2. The van der Waals surface area contributed by atoms with Gasteiger partial charge in [-0.2, -0.15) is 0 Å². The van der Waals surface area contributed by atoms with Gasteiger partial charge in [0.1, 0.15) is 5.03 Å². The average Bonchev–Trinajstić information content (AvgIpc) is 2.84. The zero-order chi connectivity index (χ0) is 23.7. The highest BCUT2D eigenvalue weighted by Crippen LogP contribution is 2.36. The molecular formula is C27H28N4O2S. The molecule has 0 spiro atoms. The maximum absolute atomic E-state index is 13.1. The zero-order valence-corrected chi connectivity index (χ0v) is 20.2. The molecule has 2 aromatic carbocycles. The number of carbonyl (C=O) groups excluding carboxylic acids is 2. The van der Waals surface area contributed by atoms with Crippen LogP contribution in [0.5, 0.6) is 0 Å². The highest BCUT2D eigenvalue weighted by Gasteiger charge is 2.26. The summed E-state index contributed by atoms with van der Waals surface area (Å²) in [4.78, 5) is 32.3. The molecule has 0 saturated carbocycles. The molecular weight excluding hydrogens is 444 g/mol. The number of nitrogens with zero attached hydrogens (tertiary/aromatic N) is 2. The second-order valence-electron chi connectivity index (χ2n) is 8.86. The van der Waals surface area contributed by atoms with E-state index in [9.17, 15) is 9.59 Å². The predicted octanol–water partition coefficient (Wildman–Crippen LogP) is 5.65. The maximum Gasteiger partial charge on any atom is 0.326 e. The molecule has 1 aliphatic carbocycles. The number of rotatable bonds is 3. The highest BCUT2D eigenvalue weighted by molar-refractivity contribution is 7.99. The molecule has 1 aliphatic heterocycles. The molecule has 0 fully saturated rings. The van der Waals surface area contributed by atoms with Crippen LogP contribution in [0.15, 0.2) is 59.6 Å². The first-order valence-corrected chi connectivity index (χ1v) is 12.7. The van der Waals surface area contributed by atoms with Gasteiger partial charge >= 0.3 is 6.03 Å². The average molecular weight is 473 g/mol. The van der Waals surface area contributed by atoms with E-state index in [0.717, 1.165) is 47.0 Å². The smallest absolute Gasteiger partial charge is 0.326 e. The Balaban J connectivity index is 1.26. The number of hydrogen-bond acceptors (Lipinski definition) is 4. The third-order valence-electron chi connectivity index (χ3n) is 6.42. The van der Waals surface area contributed by atoms with Crippen LogP contribution >= 0.6 is 11.8 Å². The summed E-state index contributed by atoms with van der Waals surface area (Å²) >= 11 is 1.68. The second-order valence-corrected chi connectivity index (χ2v) is 9.94. The van der Waals surface area contributed by atoms with E-state index in [-0.39, 0.29) is 18.0 Å². The number of hydrogen-bond donors (Lipinski definition) is 2. The number of benzene rings is 2. The Hall–Kier alpha value is -3.32. The monoisotopic (exact) mass is 472 g/mol. The van der Waals surface area contributed by atoms with Crippen LogP contribution in [0.3, 0.4) is 0 Å². The number of aryl methyl sites for hydroxylation is 3. The summed E-state index contributed by atoms with van der Waals surface area (Å²) in [5.41, 5.74) is 6.64. The van der Waals surface area contributed by atoms with Crippen molar-refractivity contribution >= 4 is 35.1 Å². The minimum atomic E-state index is -0.189. The van der Waals surface area contributed by atoms with Crippen LogP contribution in [-0.2, 0) is 6.42 Å². The van der Waals surface area contributed by atoms with Gasteiger partial charge in [0.15, 0.2) is 0 Å². The molecule has 1 atom stereocenters. The Labute approximate surface area is 204 Å². The fourth-order valence-corrected chi connectivity index (χ4v) is 5.90. The van der Waals surface area contributed by atoms with Gasteiger partial charge in [0.05, 0.1) is 11.7 Å². The van der Waals surface area contributed by atoms with E-state index in [4.69, 9.17) is 0 Å². The number of aromatic nitrogens is 1. The Morgan fingerprint density at radius 2 is 1.88 bits per heavy atom. The zero-order valence-electron chi connectivity index (χ0n) is 19.4. The number of urea groups is 1. The van der Waals surface area contributed by atoms with E-state index < -0.39 is 0 Å². The molecule has 1 aromatic heterocycles. The van der Waals surface area contributed by atoms with Crippen LogP contribution in [0.25, 0.3) is 0 Å². The normalized spacial score (nSPS) is 16.9. The molecule has 0 radical (unpaired) electrons. The third-order valence-corrected chi connectivity index (χ3v) is 7.37. The van der Waals surface area contributed by atoms with E-state index in [1.165, 1.54) is 11.1 Å². The van der Waals surface area contributed by atoms with Gasteiger partial charge in [0.25, 0.3) is 5.91 Å². The summed E-state index contributed by atoms with van der Waals surface area (Å²) in [5.74, 6) is 0.707. The van der Waals surface area contributed by atoms with Crippen LogP contribution in [0, 0.1) is 13.8 Å². The van der Waals surface area contributed by atoms with Crippen molar-refractivity contribution < 1.29 is 9.59 Å². The van der Waals surface area contributed by atoms with E-state index in [1.54, 1.807) is 40.9 Å². The van der Waals surface area contributed by atoms with Gasteiger partial charge in [-0.15, -0.1) is 11.8 Å². The van der Waals surface area contributed by atoms with Gasteiger partial charge < -0.3 is 10.6 Å². The molecule has 2 N–H and O–H groups in total. The summed E-state index contributed by atoms with van der Waals surface area (Å²) < 4.78 is 0. The standard InChI is InChI=1S/C27H28N4O2S/c1-17-16-18(2)28-26-24(17)31(14-15-34-26)27(33)29-21-12-10-20(11-13-21)25(32)30-23-9-5-7-19-6-3-4-8-22(19)23/h3-4,6,8,10-13,16,23H,5,7,9,14-15H2,1-2H3,(H,29,33)(H,30,32). The molecule has 7 heteroatoms. The largest absolute Gasteiger partial charge is 0.345 e. The molecule has 6 nitrogen and oxygen atoms in total. The fraction of sp³-hybridized carbons (Fsp3) is 0.296. The van der Waals surface area contributed by atoms with Crippen molar-refractivity contribution in [1.82, 2.24) is 10.3 Å². The first-order valence-electron chi connectivity index (χ1n) is 11.7. The summed E-state index contributed by atoms with van der Waals surface area (Å²) in [6.45, 7) is 4.60. The highest BCUT2D eigenvalue weighted by atomic mass is 32.2. The molecule has 0 saturated heterocycles. The van der Waals surface area contributed by atoms with Crippen molar-refractivity contribution in [3.8, 4) is 0 Å². The summed E-state index contributed by atoms with van der Waals surface area (Å²) in [5, 5.41) is 7.05. The lowest BCUT2D eigenvalue weighted by atomic mass is 9.87. The maximum atomic E-state index is 13.1.